The molecule has 4 heterocycles. The number of anilines is 1. The molecule has 1 aromatic heterocycles. The van der Waals surface area contributed by atoms with Gasteiger partial charge in [-0.25, -0.2) is 9.18 Å². The Kier molecular flexibility index (Phi) is 8.12. The lowest BCUT2D eigenvalue weighted by molar-refractivity contribution is 0.0512. The standard InChI is InChI=1S/C34H31Cl2FN4O5/c1-3-45-34(43)26-9-29(37)25(10-30(26)40-14-22-16-44-17-23(22)15-40)24-6-4-5-19-13-41(18-46-32(19)24)33(42)31-27(35)7-20(8-28(31)36)21-11-38-39(2)12-21/h4-12,22-23H,3,13-18H2,1-2H3. The summed E-state index contributed by atoms with van der Waals surface area (Å²) in [7, 11) is 1.81. The molecule has 3 aliphatic heterocycles. The number of esters is 1. The molecule has 46 heavy (non-hydrogen) atoms. The van der Waals surface area contributed by atoms with Gasteiger partial charge in [-0.1, -0.05) is 41.4 Å². The van der Waals surface area contributed by atoms with E-state index >= 15 is 4.39 Å². The van der Waals surface area contributed by atoms with Crippen molar-refractivity contribution in [1.82, 2.24) is 14.7 Å². The van der Waals surface area contributed by atoms with Crippen LogP contribution in [0.25, 0.3) is 22.3 Å². The largest absolute Gasteiger partial charge is 0.472 e. The first-order valence-electron chi connectivity index (χ1n) is 15.1. The molecule has 0 radical (unpaired) electrons. The van der Waals surface area contributed by atoms with Crippen molar-refractivity contribution in [3.05, 3.63) is 87.4 Å². The highest BCUT2D eigenvalue weighted by Crippen LogP contribution is 2.43. The number of para-hydroxylation sites is 1. The maximum atomic E-state index is 15.9. The van der Waals surface area contributed by atoms with Gasteiger partial charge in [-0.2, -0.15) is 5.10 Å². The van der Waals surface area contributed by atoms with E-state index in [1.807, 2.05) is 19.3 Å². The van der Waals surface area contributed by atoms with Gasteiger partial charge < -0.3 is 24.0 Å². The van der Waals surface area contributed by atoms with Crippen LogP contribution in [0.4, 0.5) is 10.1 Å². The Morgan fingerprint density at radius 2 is 1.78 bits per heavy atom. The van der Waals surface area contributed by atoms with Crippen molar-refractivity contribution in [2.75, 3.05) is 44.5 Å². The molecule has 1 amide bonds. The molecule has 2 saturated heterocycles. The molecule has 7 rings (SSSR count). The molecule has 9 nitrogen and oxygen atoms in total. The predicted molar refractivity (Wildman–Crippen MR) is 172 cm³/mol. The summed E-state index contributed by atoms with van der Waals surface area (Å²) in [6.07, 6.45) is 3.52. The molecule has 4 aromatic rings. The Balaban J connectivity index is 1.19. The SMILES string of the molecule is CCOC(=O)c1cc(F)c(-c2cccc3c2OCN(C(=O)c2c(Cl)cc(-c4cnn(C)c4)cc2Cl)C3)cc1N1CC2COCC2C1. The molecule has 2 unspecified atom stereocenters. The Labute approximate surface area is 275 Å². The Morgan fingerprint density at radius 1 is 1.04 bits per heavy atom. The molecule has 238 valence electrons. The number of benzene rings is 3. The lowest BCUT2D eigenvalue weighted by Gasteiger charge is -2.31. The van der Waals surface area contributed by atoms with Gasteiger partial charge in [-0.05, 0) is 36.8 Å². The zero-order valence-corrected chi connectivity index (χ0v) is 26.8. The third-order valence-electron chi connectivity index (χ3n) is 8.86. The highest BCUT2D eigenvalue weighted by Gasteiger charge is 2.39. The molecule has 3 aromatic carbocycles. The number of carbonyl (C=O) groups excluding carboxylic acids is 2. The summed E-state index contributed by atoms with van der Waals surface area (Å²) >= 11 is 13.2. The molecule has 2 fully saturated rings. The third-order valence-corrected chi connectivity index (χ3v) is 9.45. The molecule has 0 bridgehead atoms. The number of halogens is 3. The van der Waals surface area contributed by atoms with E-state index in [4.69, 9.17) is 37.4 Å². The molecule has 0 spiro atoms. The molecule has 3 aliphatic rings. The number of nitrogens with zero attached hydrogens (tertiary/aromatic N) is 4. The van der Waals surface area contributed by atoms with Gasteiger partial charge in [0.1, 0.15) is 11.6 Å². The van der Waals surface area contributed by atoms with Crippen LogP contribution in [0.15, 0.2) is 54.9 Å². The molecule has 0 saturated carbocycles. The molecule has 12 heteroatoms. The van der Waals surface area contributed by atoms with Gasteiger partial charge >= 0.3 is 5.97 Å². The van der Waals surface area contributed by atoms with Crippen molar-refractivity contribution in [1.29, 1.82) is 0 Å². The summed E-state index contributed by atoms with van der Waals surface area (Å²) in [6, 6.07) is 11.8. The van der Waals surface area contributed by atoms with E-state index in [2.05, 4.69) is 10.00 Å². The number of hydrogen-bond donors (Lipinski definition) is 0. The minimum Gasteiger partial charge on any atom is -0.472 e. The maximum Gasteiger partial charge on any atom is 0.340 e. The summed E-state index contributed by atoms with van der Waals surface area (Å²) in [5.41, 5.74) is 4.06. The van der Waals surface area contributed by atoms with Crippen LogP contribution in [0.1, 0.15) is 33.2 Å². The molecular weight excluding hydrogens is 634 g/mol. The number of hydrogen-bond acceptors (Lipinski definition) is 7. The molecule has 2 atom stereocenters. The van der Waals surface area contributed by atoms with E-state index in [1.54, 1.807) is 48.1 Å². The second kappa shape index (κ2) is 12.2. The van der Waals surface area contributed by atoms with Crippen molar-refractivity contribution >= 4 is 40.8 Å². The summed E-state index contributed by atoms with van der Waals surface area (Å²) in [4.78, 5) is 30.2. The highest BCUT2D eigenvalue weighted by atomic mass is 35.5. The van der Waals surface area contributed by atoms with Gasteiger partial charge in [0.2, 0.25) is 0 Å². The fourth-order valence-corrected chi connectivity index (χ4v) is 7.22. The van der Waals surface area contributed by atoms with Crippen molar-refractivity contribution in [3.8, 4) is 28.0 Å². The first-order chi connectivity index (χ1) is 22.2. The second-order valence-corrected chi connectivity index (χ2v) is 12.6. The first-order valence-corrected chi connectivity index (χ1v) is 15.8. The molecular formula is C34H31Cl2FN4O5. The predicted octanol–water partition coefficient (Wildman–Crippen LogP) is 6.45. The van der Waals surface area contributed by atoms with Crippen LogP contribution >= 0.6 is 23.2 Å². The van der Waals surface area contributed by atoms with E-state index in [-0.39, 0.29) is 47.0 Å². The van der Waals surface area contributed by atoms with Crippen LogP contribution in [-0.4, -0.2) is 66.2 Å². The summed E-state index contributed by atoms with van der Waals surface area (Å²) < 4.78 is 34.6. The fraction of sp³-hybridized carbons (Fsp3) is 0.324. The molecule has 0 aliphatic carbocycles. The van der Waals surface area contributed by atoms with Gasteiger partial charge in [0.15, 0.2) is 6.73 Å². The monoisotopic (exact) mass is 664 g/mol. The van der Waals surface area contributed by atoms with Crippen LogP contribution in [0, 0.1) is 17.7 Å². The Bertz CT molecular complexity index is 1830. The van der Waals surface area contributed by atoms with Gasteiger partial charge in [-0.15, -0.1) is 0 Å². The fourth-order valence-electron chi connectivity index (χ4n) is 6.57. The zero-order chi connectivity index (χ0) is 32.1. The van der Waals surface area contributed by atoms with Crippen molar-refractivity contribution in [3.63, 3.8) is 0 Å². The topological polar surface area (TPSA) is 86.1 Å². The van der Waals surface area contributed by atoms with E-state index in [1.165, 1.54) is 11.0 Å². The lowest BCUT2D eigenvalue weighted by atomic mass is 9.97. The van der Waals surface area contributed by atoms with E-state index < -0.39 is 11.8 Å². The number of fused-ring (bicyclic) bond motifs is 2. The molecule has 0 N–H and O–H groups in total. The normalized spacial score (nSPS) is 18.7. The number of aryl methyl sites for hydroxylation is 1. The van der Waals surface area contributed by atoms with Crippen LogP contribution < -0.4 is 9.64 Å². The van der Waals surface area contributed by atoms with Crippen LogP contribution in [0.2, 0.25) is 10.0 Å². The van der Waals surface area contributed by atoms with Gasteiger partial charge in [0.25, 0.3) is 5.91 Å². The second-order valence-electron chi connectivity index (χ2n) is 11.8. The third kappa shape index (κ3) is 5.48. The summed E-state index contributed by atoms with van der Waals surface area (Å²) in [5, 5.41) is 4.61. The zero-order valence-electron chi connectivity index (χ0n) is 25.3. The van der Waals surface area contributed by atoms with Gasteiger partial charge in [0.05, 0.1) is 59.4 Å². The quantitative estimate of drug-likeness (QED) is 0.219. The number of rotatable bonds is 6. The van der Waals surface area contributed by atoms with Crippen molar-refractivity contribution in [2.45, 2.75) is 13.5 Å². The van der Waals surface area contributed by atoms with Crippen molar-refractivity contribution in [2.24, 2.45) is 18.9 Å². The summed E-state index contributed by atoms with van der Waals surface area (Å²) in [6.45, 7) is 4.76. The Morgan fingerprint density at radius 3 is 2.46 bits per heavy atom. The van der Waals surface area contributed by atoms with Crippen LogP contribution in [0.3, 0.4) is 0 Å². The van der Waals surface area contributed by atoms with Crippen LogP contribution in [-0.2, 0) is 23.1 Å². The van der Waals surface area contributed by atoms with E-state index in [0.717, 1.165) is 11.1 Å². The highest BCUT2D eigenvalue weighted by molar-refractivity contribution is 6.40. The van der Waals surface area contributed by atoms with Gasteiger partial charge in [0, 0.05) is 60.4 Å². The first kappa shape index (κ1) is 30.5. The Hall–Kier alpha value is -4.12. The van der Waals surface area contributed by atoms with Crippen molar-refractivity contribution < 1.29 is 28.2 Å². The van der Waals surface area contributed by atoms with E-state index in [0.29, 0.717) is 66.3 Å². The number of carbonyl (C=O) groups is 2. The minimum atomic E-state index is -0.572. The van der Waals surface area contributed by atoms with E-state index in [9.17, 15) is 9.59 Å². The lowest BCUT2D eigenvalue weighted by Crippen LogP contribution is -2.37. The number of ether oxygens (including phenoxy) is 3. The minimum absolute atomic E-state index is 0.0925. The number of aromatic nitrogens is 2. The average Bonchev–Trinajstić information content (AvgIpc) is 3.77. The smallest absolute Gasteiger partial charge is 0.340 e. The van der Waals surface area contributed by atoms with Gasteiger partial charge in [-0.3, -0.25) is 9.48 Å². The number of amides is 1. The van der Waals surface area contributed by atoms with Crippen LogP contribution in [0.5, 0.6) is 5.75 Å². The average molecular weight is 666 g/mol. The maximum absolute atomic E-state index is 15.9. The summed E-state index contributed by atoms with van der Waals surface area (Å²) in [5.74, 6) is -0.350.